The quantitative estimate of drug-likeness (QED) is 0.747. The smallest absolute Gasteiger partial charge is 0.188 e. The van der Waals surface area contributed by atoms with E-state index in [4.69, 9.17) is 4.74 Å². The van der Waals surface area contributed by atoms with Crippen LogP contribution >= 0.6 is 0 Å². The number of ketones is 1. The summed E-state index contributed by atoms with van der Waals surface area (Å²) < 4.78 is 6.15. The van der Waals surface area contributed by atoms with Crippen LogP contribution in [-0.4, -0.2) is 18.0 Å². The first-order chi connectivity index (χ1) is 8.45. The average Bonchev–Trinajstić information content (AvgIpc) is 2.65. The molecule has 0 aromatic heterocycles. The second-order valence-electron chi connectivity index (χ2n) is 6.80. The van der Waals surface area contributed by atoms with Crippen LogP contribution in [0.1, 0.15) is 40.0 Å². The summed E-state index contributed by atoms with van der Waals surface area (Å²) in [5.41, 5.74) is 0.571. The molecule has 3 aliphatic carbocycles. The van der Waals surface area contributed by atoms with Crippen molar-refractivity contribution in [1.82, 2.24) is 0 Å². The maximum atomic E-state index is 11.8. The van der Waals surface area contributed by atoms with Crippen LogP contribution in [0.15, 0.2) is 24.3 Å². The highest BCUT2D eigenvalue weighted by atomic mass is 16.5. The molecule has 0 aromatic carbocycles. The Kier molecular flexibility index (Phi) is 2.57. The summed E-state index contributed by atoms with van der Waals surface area (Å²) >= 11 is 0. The second kappa shape index (κ2) is 3.80. The Balaban J connectivity index is 1.78. The zero-order chi connectivity index (χ0) is 13.0. The van der Waals surface area contributed by atoms with Gasteiger partial charge in [-0.25, -0.2) is 0 Å². The molecule has 0 spiro atoms. The fraction of sp³-hybridized carbons (Fsp3) is 0.688. The van der Waals surface area contributed by atoms with Crippen LogP contribution in [0.4, 0.5) is 0 Å². The van der Waals surface area contributed by atoms with E-state index in [-0.39, 0.29) is 23.4 Å². The van der Waals surface area contributed by atoms with Gasteiger partial charge in [-0.2, -0.15) is 0 Å². The van der Waals surface area contributed by atoms with E-state index < -0.39 is 0 Å². The van der Waals surface area contributed by atoms with Gasteiger partial charge in [-0.3, -0.25) is 4.79 Å². The summed E-state index contributed by atoms with van der Waals surface area (Å²) in [4.78, 5) is 11.8. The predicted molar refractivity (Wildman–Crippen MR) is 71.2 cm³/mol. The molecule has 2 bridgehead atoms. The van der Waals surface area contributed by atoms with E-state index in [0.717, 1.165) is 12.3 Å². The van der Waals surface area contributed by atoms with E-state index in [1.54, 1.807) is 12.2 Å². The standard InChI is InChI=1S/C16H22O2/c1-15(2)11-8-9-16(15,3)14(10-11)18-13-7-5-4-6-12(13)17/h4-7,11,13-14H,8-10H2,1-3H3. The number of carbonyl (C=O) groups is 1. The molecule has 0 saturated heterocycles. The van der Waals surface area contributed by atoms with Crippen LogP contribution in [0.25, 0.3) is 0 Å². The topological polar surface area (TPSA) is 26.3 Å². The van der Waals surface area contributed by atoms with E-state index >= 15 is 0 Å². The SMILES string of the molecule is CC1(C)C2CCC1(C)C(OC1C=CC=CC1=O)C2. The van der Waals surface area contributed by atoms with Gasteiger partial charge in [0, 0.05) is 0 Å². The van der Waals surface area contributed by atoms with Crippen LogP contribution in [0.2, 0.25) is 0 Å². The molecule has 2 heteroatoms. The average molecular weight is 246 g/mol. The number of fused-ring (bicyclic) bond motifs is 2. The highest BCUT2D eigenvalue weighted by molar-refractivity contribution is 5.96. The number of rotatable bonds is 2. The minimum Gasteiger partial charge on any atom is -0.362 e. The van der Waals surface area contributed by atoms with E-state index in [1.807, 2.05) is 12.2 Å². The van der Waals surface area contributed by atoms with Crippen LogP contribution < -0.4 is 0 Å². The van der Waals surface area contributed by atoms with Crippen molar-refractivity contribution in [1.29, 1.82) is 0 Å². The second-order valence-corrected chi connectivity index (χ2v) is 6.80. The van der Waals surface area contributed by atoms with Crippen molar-refractivity contribution < 1.29 is 9.53 Å². The van der Waals surface area contributed by atoms with Crippen molar-refractivity contribution in [2.75, 3.05) is 0 Å². The third kappa shape index (κ3) is 1.48. The minimum absolute atomic E-state index is 0.0849. The van der Waals surface area contributed by atoms with Crippen molar-refractivity contribution in [3.8, 4) is 0 Å². The normalized spacial score (nSPS) is 44.8. The lowest BCUT2D eigenvalue weighted by molar-refractivity contribution is -0.132. The molecular weight excluding hydrogens is 224 g/mol. The summed E-state index contributed by atoms with van der Waals surface area (Å²) in [6.45, 7) is 7.08. The fourth-order valence-corrected chi connectivity index (χ4v) is 4.13. The van der Waals surface area contributed by atoms with Crippen molar-refractivity contribution in [2.45, 2.75) is 52.2 Å². The molecule has 0 aromatic rings. The molecule has 0 radical (unpaired) electrons. The van der Waals surface area contributed by atoms with Crippen LogP contribution in [-0.2, 0) is 9.53 Å². The number of hydrogen-bond donors (Lipinski definition) is 0. The lowest BCUT2D eigenvalue weighted by Crippen LogP contribution is -2.40. The Labute approximate surface area is 109 Å². The maximum Gasteiger partial charge on any atom is 0.188 e. The summed E-state index contributed by atoms with van der Waals surface area (Å²) in [7, 11) is 0. The first-order valence-corrected chi connectivity index (χ1v) is 6.99. The monoisotopic (exact) mass is 246 g/mol. The molecule has 18 heavy (non-hydrogen) atoms. The molecule has 0 N–H and O–H groups in total. The third-order valence-electron chi connectivity index (χ3n) is 5.96. The van der Waals surface area contributed by atoms with E-state index in [1.165, 1.54) is 12.8 Å². The molecule has 0 amide bonds. The van der Waals surface area contributed by atoms with Gasteiger partial charge in [0.2, 0.25) is 0 Å². The van der Waals surface area contributed by atoms with Gasteiger partial charge >= 0.3 is 0 Å². The van der Waals surface area contributed by atoms with Crippen LogP contribution in [0.3, 0.4) is 0 Å². The maximum absolute atomic E-state index is 11.8. The third-order valence-corrected chi connectivity index (χ3v) is 5.96. The first-order valence-electron chi connectivity index (χ1n) is 6.99. The van der Waals surface area contributed by atoms with Crippen molar-refractivity contribution in [3.05, 3.63) is 24.3 Å². The van der Waals surface area contributed by atoms with Gasteiger partial charge in [0.05, 0.1) is 6.10 Å². The highest BCUT2D eigenvalue weighted by Crippen LogP contribution is 2.66. The Morgan fingerprint density at radius 2 is 2.06 bits per heavy atom. The zero-order valence-electron chi connectivity index (χ0n) is 11.5. The summed E-state index contributed by atoms with van der Waals surface area (Å²) in [6, 6.07) is 0. The predicted octanol–water partition coefficient (Wildman–Crippen LogP) is 3.28. The molecular formula is C16H22O2. The lowest BCUT2D eigenvalue weighted by Gasteiger charge is -2.39. The van der Waals surface area contributed by atoms with Gasteiger partial charge in [-0.05, 0) is 48.2 Å². The Morgan fingerprint density at radius 1 is 1.28 bits per heavy atom. The lowest BCUT2D eigenvalue weighted by atomic mass is 9.70. The van der Waals surface area contributed by atoms with E-state index in [0.29, 0.717) is 5.41 Å². The van der Waals surface area contributed by atoms with Gasteiger partial charge < -0.3 is 4.74 Å². The van der Waals surface area contributed by atoms with Gasteiger partial charge in [0.1, 0.15) is 6.10 Å². The summed E-state index contributed by atoms with van der Waals surface area (Å²) in [5.74, 6) is 0.840. The molecule has 3 rings (SSSR count). The Morgan fingerprint density at radius 3 is 2.61 bits per heavy atom. The number of ether oxygens (including phenoxy) is 1. The number of hydrogen-bond acceptors (Lipinski definition) is 2. The minimum atomic E-state index is -0.355. The largest absolute Gasteiger partial charge is 0.362 e. The summed E-state index contributed by atoms with van der Waals surface area (Å²) in [5, 5.41) is 0. The van der Waals surface area contributed by atoms with Crippen molar-refractivity contribution >= 4 is 5.78 Å². The molecule has 4 atom stereocenters. The molecule has 0 aliphatic heterocycles. The highest BCUT2D eigenvalue weighted by Gasteiger charge is 2.62. The molecule has 3 aliphatic rings. The van der Waals surface area contributed by atoms with Gasteiger partial charge in [-0.1, -0.05) is 32.9 Å². The fourth-order valence-electron chi connectivity index (χ4n) is 4.13. The molecule has 2 fully saturated rings. The number of allylic oxidation sites excluding steroid dienone is 2. The molecule has 4 unspecified atom stereocenters. The van der Waals surface area contributed by atoms with Crippen molar-refractivity contribution in [3.63, 3.8) is 0 Å². The molecule has 2 saturated carbocycles. The Bertz CT molecular complexity index is 432. The van der Waals surface area contributed by atoms with Crippen LogP contribution in [0, 0.1) is 16.7 Å². The van der Waals surface area contributed by atoms with Crippen LogP contribution in [0.5, 0.6) is 0 Å². The van der Waals surface area contributed by atoms with Crippen molar-refractivity contribution in [2.24, 2.45) is 16.7 Å². The Hall–Kier alpha value is -0.890. The number of carbonyl (C=O) groups excluding carboxylic acids is 1. The summed E-state index contributed by atoms with van der Waals surface area (Å²) in [6.07, 6.45) is 10.7. The van der Waals surface area contributed by atoms with Gasteiger partial charge in [0.25, 0.3) is 0 Å². The van der Waals surface area contributed by atoms with E-state index in [9.17, 15) is 4.79 Å². The molecule has 2 nitrogen and oxygen atoms in total. The van der Waals surface area contributed by atoms with E-state index in [2.05, 4.69) is 20.8 Å². The van der Waals surface area contributed by atoms with Gasteiger partial charge in [-0.15, -0.1) is 0 Å². The van der Waals surface area contributed by atoms with Gasteiger partial charge in [0.15, 0.2) is 5.78 Å². The zero-order valence-corrected chi connectivity index (χ0v) is 11.5. The first kappa shape index (κ1) is 12.2. The molecule has 98 valence electrons. The molecule has 0 heterocycles.